The molecule has 0 bridgehead atoms. The van der Waals surface area contributed by atoms with Crippen molar-refractivity contribution in [1.82, 2.24) is 14.4 Å². The van der Waals surface area contributed by atoms with E-state index in [-0.39, 0.29) is 5.56 Å². The van der Waals surface area contributed by atoms with E-state index in [9.17, 15) is 10.1 Å². The van der Waals surface area contributed by atoms with Gasteiger partial charge >= 0.3 is 0 Å². The van der Waals surface area contributed by atoms with Crippen LogP contribution in [0.15, 0.2) is 53.3 Å². The van der Waals surface area contributed by atoms with Gasteiger partial charge in [-0.2, -0.15) is 5.26 Å². The van der Waals surface area contributed by atoms with Crippen LogP contribution in [0.3, 0.4) is 0 Å². The van der Waals surface area contributed by atoms with Gasteiger partial charge in [0.25, 0.3) is 5.56 Å². The molecule has 0 aliphatic rings. The fourth-order valence-electron chi connectivity index (χ4n) is 3.55. The number of benzene rings is 2. The lowest BCUT2D eigenvalue weighted by atomic mass is 10.1. The molecule has 5 aromatic rings. The van der Waals surface area contributed by atoms with Crippen molar-refractivity contribution < 1.29 is 4.74 Å². The third kappa shape index (κ3) is 2.23. The molecule has 5 rings (SSSR count). The van der Waals surface area contributed by atoms with Crippen molar-refractivity contribution in [3.8, 4) is 11.8 Å². The third-order valence-corrected chi connectivity index (χ3v) is 4.93. The molecule has 6 heteroatoms. The van der Waals surface area contributed by atoms with E-state index in [1.165, 1.54) is 4.40 Å². The van der Waals surface area contributed by atoms with Gasteiger partial charge in [-0.05, 0) is 49.4 Å². The summed E-state index contributed by atoms with van der Waals surface area (Å²) in [7, 11) is 1.61. The predicted molar refractivity (Wildman–Crippen MR) is 108 cm³/mol. The summed E-state index contributed by atoms with van der Waals surface area (Å²) in [6.07, 6.45) is 0. The maximum absolute atomic E-state index is 13.3. The van der Waals surface area contributed by atoms with Crippen molar-refractivity contribution in [2.45, 2.75) is 6.92 Å². The zero-order chi connectivity index (χ0) is 19.4. The van der Waals surface area contributed by atoms with E-state index in [2.05, 4.69) is 11.1 Å². The number of fused-ring (bicyclic) bond motifs is 5. The lowest BCUT2D eigenvalue weighted by molar-refractivity contribution is 0.415. The first-order valence-corrected chi connectivity index (χ1v) is 8.74. The number of nitriles is 1. The highest BCUT2D eigenvalue weighted by Crippen LogP contribution is 2.26. The molecular weight excluding hydrogens is 352 g/mol. The molecule has 0 radical (unpaired) electrons. The van der Waals surface area contributed by atoms with E-state index >= 15 is 0 Å². The standard InChI is InChI=1S/C22H14N4O2/c1-12-3-5-19-17(7-12)22(27)26-20-14(9-15(11-23)21(26)25-19)8-13-10-16(28-2)4-6-18(13)24-20/h3-10H,1-2H3. The van der Waals surface area contributed by atoms with E-state index in [1.54, 1.807) is 19.2 Å². The summed E-state index contributed by atoms with van der Waals surface area (Å²) in [6, 6.07) is 16.9. The van der Waals surface area contributed by atoms with Gasteiger partial charge in [0.1, 0.15) is 17.5 Å². The van der Waals surface area contributed by atoms with Crippen molar-refractivity contribution in [2.75, 3.05) is 7.11 Å². The lowest BCUT2D eigenvalue weighted by Gasteiger charge is -2.10. The summed E-state index contributed by atoms with van der Waals surface area (Å²) in [6.45, 7) is 1.93. The molecule has 6 nitrogen and oxygen atoms in total. The quantitative estimate of drug-likeness (QED) is 0.333. The van der Waals surface area contributed by atoms with Crippen LogP contribution in [-0.4, -0.2) is 21.5 Å². The number of nitrogens with zero attached hydrogens (tertiary/aromatic N) is 4. The van der Waals surface area contributed by atoms with Crippen molar-refractivity contribution in [1.29, 1.82) is 5.26 Å². The molecule has 0 spiro atoms. The van der Waals surface area contributed by atoms with Crippen LogP contribution in [0, 0.1) is 18.3 Å². The Morgan fingerprint density at radius 2 is 1.75 bits per heavy atom. The van der Waals surface area contributed by atoms with Crippen molar-refractivity contribution >= 4 is 38.5 Å². The smallest absolute Gasteiger partial charge is 0.267 e. The molecule has 0 aliphatic carbocycles. The van der Waals surface area contributed by atoms with Crippen molar-refractivity contribution in [3.05, 3.63) is 70.0 Å². The number of aryl methyl sites for hydroxylation is 1. The molecular formula is C22H14N4O2. The number of hydrogen-bond acceptors (Lipinski definition) is 5. The minimum absolute atomic E-state index is 0.230. The lowest BCUT2D eigenvalue weighted by Crippen LogP contribution is -2.18. The Labute approximate surface area is 159 Å². The largest absolute Gasteiger partial charge is 0.497 e. The van der Waals surface area contributed by atoms with Crippen molar-refractivity contribution in [2.24, 2.45) is 0 Å². The Morgan fingerprint density at radius 1 is 0.964 bits per heavy atom. The van der Waals surface area contributed by atoms with Crippen molar-refractivity contribution in [3.63, 3.8) is 0 Å². The van der Waals surface area contributed by atoms with Crippen LogP contribution in [0.1, 0.15) is 11.1 Å². The van der Waals surface area contributed by atoms with Gasteiger partial charge < -0.3 is 4.74 Å². The minimum atomic E-state index is -0.230. The van der Waals surface area contributed by atoms with Gasteiger partial charge in [-0.1, -0.05) is 11.6 Å². The SMILES string of the molecule is COc1ccc2nc3c(cc(C#N)c4nc5ccc(C)cc5c(=O)n43)cc2c1. The molecule has 2 aromatic carbocycles. The molecule has 0 fully saturated rings. The Kier molecular flexibility index (Phi) is 3.34. The number of hydrogen-bond donors (Lipinski definition) is 0. The second-order valence-electron chi connectivity index (χ2n) is 6.73. The fourth-order valence-corrected chi connectivity index (χ4v) is 3.55. The van der Waals surface area contributed by atoms with E-state index in [0.29, 0.717) is 33.1 Å². The average Bonchev–Trinajstić information content (AvgIpc) is 2.71. The number of aromatic nitrogens is 3. The molecule has 0 N–H and O–H groups in total. The van der Waals surface area contributed by atoms with E-state index < -0.39 is 0 Å². The molecule has 0 atom stereocenters. The molecule has 0 aliphatic heterocycles. The highest BCUT2D eigenvalue weighted by atomic mass is 16.5. The van der Waals surface area contributed by atoms with Crippen LogP contribution in [-0.2, 0) is 0 Å². The Bertz CT molecular complexity index is 1540. The van der Waals surface area contributed by atoms with Gasteiger partial charge in [-0.15, -0.1) is 0 Å². The first-order valence-electron chi connectivity index (χ1n) is 8.74. The zero-order valence-corrected chi connectivity index (χ0v) is 15.2. The molecule has 0 unspecified atom stereocenters. The summed E-state index contributed by atoms with van der Waals surface area (Å²) in [4.78, 5) is 22.6. The Balaban J connectivity index is 2.03. The topological polar surface area (TPSA) is 80.3 Å². The summed E-state index contributed by atoms with van der Waals surface area (Å²) in [5.41, 5.74) is 3.16. The molecule has 0 saturated heterocycles. The summed E-state index contributed by atoms with van der Waals surface area (Å²) < 4.78 is 6.73. The number of rotatable bonds is 1. The first kappa shape index (κ1) is 16.2. The van der Waals surface area contributed by atoms with Gasteiger partial charge in [0.2, 0.25) is 0 Å². The number of ether oxygens (including phenoxy) is 1. The van der Waals surface area contributed by atoms with Crippen LogP contribution < -0.4 is 10.3 Å². The van der Waals surface area contributed by atoms with Crippen LogP contribution >= 0.6 is 0 Å². The van der Waals surface area contributed by atoms with Crippen LogP contribution in [0.2, 0.25) is 0 Å². The average molecular weight is 366 g/mol. The molecule has 3 aromatic heterocycles. The van der Waals surface area contributed by atoms with Gasteiger partial charge in [0.15, 0.2) is 5.65 Å². The molecule has 0 saturated carbocycles. The summed E-state index contributed by atoms with van der Waals surface area (Å²) >= 11 is 0. The second-order valence-corrected chi connectivity index (χ2v) is 6.73. The summed E-state index contributed by atoms with van der Waals surface area (Å²) in [5.74, 6) is 0.718. The van der Waals surface area contributed by atoms with Crippen LogP contribution in [0.5, 0.6) is 5.75 Å². The fraction of sp³-hybridized carbons (Fsp3) is 0.0909. The van der Waals surface area contributed by atoms with Crippen LogP contribution in [0.25, 0.3) is 38.5 Å². The van der Waals surface area contributed by atoms with Gasteiger partial charge in [-0.3, -0.25) is 4.79 Å². The molecule has 0 amide bonds. The second kappa shape index (κ2) is 5.76. The normalized spacial score (nSPS) is 11.3. The van der Waals surface area contributed by atoms with E-state index in [0.717, 1.165) is 22.2 Å². The summed E-state index contributed by atoms with van der Waals surface area (Å²) in [5, 5.41) is 11.7. The maximum atomic E-state index is 13.3. The van der Waals surface area contributed by atoms with Gasteiger partial charge in [0.05, 0.1) is 29.1 Å². The predicted octanol–water partition coefficient (Wildman–Crippen LogP) is 3.74. The highest BCUT2D eigenvalue weighted by Gasteiger charge is 2.15. The molecule has 3 heterocycles. The van der Waals surface area contributed by atoms with Crippen LogP contribution in [0.4, 0.5) is 0 Å². The number of pyridine rings is 2. The Hall–Kier alpha value is -3.98. The van der Waals surface area contributed by atoms with Gasteiger partial charge in [0, 0.05) is 10.8 Å². The monoisotopic (exact) mass is 366 g/mol. The third-order valence-electron chi connectivity index (χ3n) is 4.93. The number of methoxy groups -OCH3 is 1. The molecule has 28 heavy (non-hydrogen) atoms. The zero-order valence-electron chi connectivity index (χ0n) is 15.2. The first-order chi connectivity index (χ1) is 13.6. The highest BCUT2D eigenvalue weighted by molar-refractivity contribution is 5.95. The Morgan fingerprint density at radius 3 is 2.54 bits per heavy atom. The van der Waals surface area contributed by atoms with Gasteiger partial charge in [-0.25, -0.2) is 14.4 Å². The van der Waals surface area contributed by atoms with E-state index in [4.69, 9.17) is 9.72 Å². The van der Waals surface area contributed by atoms with E-state index in [1.807, 2.05) is 43.3 Å². The molecule has 134 valence electrons. The maximum Gasteiger partial charge on any atom is 0.267 e. The minimum Gasteiger partial charge on any atom is -0.497 e.